The molecular formula is C9H15N3. The van der Waals surface area contributed by atoms with Crippen LogP contribution in [0.4, 0.5) is 0 Å². The van der Waals surface area contributed by atoms with E-state index >= 15 is 0 Å². The van der Waals surface area contributed by atoms with Gasteiger partial charge in [-0.05, 0) is 26.6 Å². The van der Waals surface area contributed by atoms with Crippen molar-refractivity contribution in [2.24, 2.45) is 9.98 Å². The molecule has 0 aliphatic rings. The largest absolute Gasteiger partial charge is 0.371 e. The van der Waals surface area contributed by atoms with Crippen molar-refractivity contribution in [3.8, 4) is 0 Å². The van der Waals surface area contributed by atoms with Crippen molar-refractivity contribution in [1.82, 2.24) is 5.32 Å². The third kappa shape index (κ3) is 3.14. The molecule has 0 aliphatic carbocycles. The van der Waals surface area contributed by atoms with Gasteiger partial charge in [0, 0.05) is 13.3 Å². The summed E-state index contributed by atoms with van der Waals surface area (Å²) in [6.07, 6.45) is 5.50. The average Bonchev–Trinajstić information content (AvgIpc) is 2.07. The second-order valence-corrected chi connectivity index (χ2v) is 2.03. The first-order chi connectivity index (χ1) is 5.79. The van der Waals surface area contributed by atoms with Gasteiger partial charge in [0.1, 0.15) is 5.70 Å². The Hall–Kier alpha value is -1.38. The highest BCUT2D eigenvalue weighted by Gasteiger charge is 1.95. The maximum Gasteiger partial charge on any atom is 0.150 e. The lowest BCUT2D eigenvalue weighted by molar-refractivity contribution is 0.944. The summed E-state index contributed by atoms with van der Waals surface area (Å²) >= 11 is 0. The monoisotopic (exact) mass is 165 g/mol. The molecule has 66 valence electrons. The van der Waals surface area contributed by atoms with Crippen molar-refractivity contribution < 1.29 is 0 Å². The minimum atomic E-state index is 0.686. The lowest BCUT2D eigenvalue weighted by Crippen LogP contribution is -2.05. The molecule has 0 amide bonds. The minimum absolute atomic E-state index is 0.686. The molecule has 0 aliphatic heterocycles. The van der Waals surface area contributed by atoms with E-state index in [1.54, 1.807) is 13.3 Å². The summed E-state index contributed by atoms with van der Waals surface area (Å²) in [6.45, 7) is 7.23. The molecule has 3 heteroatoms. The van der Waals surface area contributed by atoms with Gasteiger partial charge in [0.05, 0.1) is 0 Å². The van der Waals surface area contributed by atoms with Crippen molar-refractivity contribution in [3.05, 3.63) is 23.7 Å². The van der Waals surface area contributed by atoms with Gasteiger partial charge in [0.25, 0.3) is 0 Å². The number of rotatable bonds is 4. The Morgan fingerprint density at radius 1 is 1.42 bits per heavy atom. The molecule has 0 unspecified atom stereocenters. The normalized spacial score (nSPS) is 13.6. The Morgan fingerprint density at radius 2 is 2.08 bits per heavy atom. The summed E-state index contributed by atoms with van der Waals surface area (Å²) in [5, 5.41) is 2.91. The van der Waals surface area contributed by atoms with Crippen LogP contribution in [-0.2, 0) is 0 Å². The molecule has 0 bridgehead atoms. The molecule has 0 rings (SSSR count). The predicted octanol–water partition coefficient (Wildman–Crippen LogP) is 1.74. The van der Waals surface area contributed by atoms with E-state index in [0.717, 1.165) is 5.70 Å². The van der Waals surface area contributed by atoms with Crippen LogP contribution in [0.2, 0.25) is 0 Å². The zero-order valence-corrected chi connectivity index (χ0v) is 7.83. The first-order valence-electron chi connectivity index (χ1n) is 3.80. The average molecular weight is 165 g/mol. The highest BCUT2D eigenvalue weighted by molar-refractivity contribution is 5.56. The molecular weight excluding hydrogens is 150 g/mol. The molecule has 0 fully saturated rings. The van der Waals surface area contributed by atoms with Gasteiger partial charge in [0.2, 0.25) is 0 Å². The van der Waals surface area contributed by atoms with Crippen molar-refractivity contribution in [2.45, 2.75) is 13.8 Å². The van der Waals surface area contributed by atoms with Gasteiger partial charge in [0.15, 0.2) is 5.82 Å². The van der Waals surface area contributed by atoms with Gasteiger partial charge in [-0.1, -0.05) is 6.08 Å². The van der Waals surface area contributed by atoms with E-state index in [0.29, 0.717) is 5.82 Å². The van der Waals surface area contributed by atoms with Crippen LogP contribution in [-0.4, -0.2) is 20.0 Å². The summed E-state index contributed by atoms with van der Waals surface area (Å²) in [5.74, 6) is 0.686. The smallest absolute Gasteiger partial charge is 0.150 e. The third-order valence-electron chi connectivity index (χ3n) is 1.23. The molecule has 12 heavy (non-hydrogen) atoms. The summed E-state index contributed by atoms with van der Waals surface area (Å²) in [5.41, 5.74) is 0.789. The molecule has 0 saturated carbocycles. The van der Waals surface area contributed by atoms with E-state index in [2.05, 4.69) is 22.0 Å². The van der Waals surface area contributed by atoms with Crippen molar-refractivity contribution in [3.63, 3.8) is 0 Å². The zero-order valence-electron chi connectivity index (χ0n) is 7.83. The number of aliphatic imine (C=N–C) groups is 2. The van der Waals surface area contributed by atoms with Gasteiger partial charge < -0.3 is 5.32 Å². The minimum Gasteiger partial charge on any atom is -0.371 e. The van der Waals surface area contributed by atoms with Crippen molar-refractivity contribution >= 4 is 12.9 Å². The van der Waals surface area contributed by atoms with E-state index in [1.165, 1.54) is 0 Å². The Labute approximate surface area is 73.6 Å². The van der Waals surface area contributed by atoms with Gasteiger partial charge in [-0.2, -0.15) is 0 Å². The second kappa shape index (κ2) is 6.34. The first-order valence-corrected chi connectivity index (χ1v) is 3.80. The molecule has 0 aromatic carbocycles. The van der Waals surface area contributed by atoms with Crippen LogP contribution < -0.4 is 5.32 Å². The lowest BCUT2D eigenvalue weighted by atomic mass is 10.4. The molecule has 1 N–H and O–H groups in total. The second-order valence-electron chi connectivity index (χ2n) is 2.03. The first kappa shape index (κ1) is 10.6. The number of allylic oxidation sites excluding steroid dienone is 2. The maximum absolute atomic E-state index is 4.13. The number of nitrogens with one attached hydrogen (secondary N) is 1. The Morgan fingerprint density at radius 3 is 2.42 bits per heavy atom. The van der Waals surface area contributed by atoms with Crippen LogP contribution in [0.25, 0.3) is 0 Å². The van der Waals surface area contributed by atoms with Crippen LogP contribution in [0.15, 0.2) is 33.7 Å². The molecule has 0 aromatic heterocycles. The summed E-state index contributed by atoms with van der Waals surface area (Å²) in [6, 6.07) is 0. The molecule has 0 spiro atoms. The SMILES string of the molecule is C=N/C(NC)=C(\C=C/C)/N=C/C. The lowest BCUT2D eigenvalue weighted by Gasteiger charge is -2.01. The van der Waals surface area contributed by atoms with E-state index in [9.17, 15) is 0 Å². The van der Waals surface area contributed by atoms with Crippen LogP contribution in [0, 0.1) is 0 Å². The third-order valence-corrected chi connectivity index (χ3v) is 1.23. The van der Waals surface area contributed by atoms with Crippen LogP contribution in [0.1, 0.15) is 13.8 Å². The molecule has 3 nitrogen and oxygen atoms in total. The molecule has 0 aromatic rings. The van der Waals surface area contributed by atoms with E-state index < -0.39 is 0 Å². The highest BCUT2D eigenvalue weighted by Crippen LogP contribution is 2.05. The highest BCUT2D eigenvalue weighted by atomic mass is 15.0. The Kier molecular flexibility index (Phi) is 5.61. The van der Waals surface area contributed by atoms with E-state index in [4.69, 9.17) is 0 Å². The van der Waals surface area contributed by atoms with Crippen LogP contribution in [0.5, 0.6) is 0 Å². The molecule has 0 atom stereocenters. The summed E-state index contributed by atoms with van der Waals surface area (Å²) in [7, 11) is 1.79. The topological polar surface area (TPSA) is 36.8 Å². The van der Waals surface area contributed by atoms with Crippen LogP contribution in [0.3, 0.4) is 0 Å². The number of hydrogen-bond acceptors (Lipinski definition) is 3. The van der Waals surface area contributed by atoms with Crippen molar-refractivity contribution in [2.75, 3.05) is 7.05 Å². The van der Waals surface area contributed by atoms with E-state index in [1.807, 2.05) is 26.0 Å². The molecule has 0 heterocycles. The van der Waals surface area contributed by atoms with Gasteiger partial charge >= 0.3 is 0 Å². The standard InChI is InChI=1S/C9H15N3/c1-5-7-8(12-6-2)9(10-3)11-4/h5-7,11H,3H2,1-2,4H3/b7-5-,9-8-,12-6+. The molecule has 0 saturated heterocycles. The van der Waals surface area contributed by atoms with Gasteiger partial charge in [-0.15, -0.1) is 0 Å². The van der Waals surface area contributed by atoms with Gasteiger partial charge in [-0.3, -0.25) is 4.99 Å². The van der Waals surface area contributed by atoms with Crippen molar-refractivity contribution in [1.29, 1.82) is 0 Å². The summed E-state index contributed by atoms with van der Waals surface area (Å²) in [4.78, 5) is 7.93. The number of nitrogens with zero attached hydrogens (tertiary/aromatic N) is 2. The summed E-state index contributed by atoms with van der Waals surface area (Å²) < 4.78 is 0. The maximum atomic E-state index is 4.13. The fourth-order valence-electron chi connectivity index (χ4n) is 0.768. The van der Waals surface area contributed by atoms with Crippen LogP contribution >= 0.6 is 0 Å². The fourth-order valence-corrected chi connectivity index (χ4v) is 0.768. The molecule has 0 radical (unpaired) electrons. The quantitative estimate of drug-likeness (QED) is 0.500. The van der Waals surface area contributed by atoms with E-state index in [-0.39, 0.29) is 0 Å². The zero-order chi connectivity index (χ0) is 9.40. The number of hydrogen-bond donors (Lipinski definition) is 1. The Bertz CT molecular complexity index is 210. The predicted molar refractivity (Wildman–Crippen MR) is 54.6 cm³/mol. The van der Waals surface area contributed by atoms with Gasteiger partial charge in [-0.25, -0.2) is 4.99 Å². The fraction of sp³-hybridized carbons (Fsp3) is 0.333. The Balaban J connectivity index is 4.87.